The zero-order valence-electron chi connectivity index (χ0n) is 11.8. The maximum Gasteiger partial charge on any atom is 0.276 e. The molecule has 8 heteroatoms. The van der Waals surface area contributed by atoms with Gasteiger partial charge in [-0.1, -0.05) is 25.1 Å². The van der Waals surface area contributed by atoms with Crippen LogP contribution in [0.1, 0.15) is 12.5 Å². The van der Waals surface area contributed by atoms with E-state index in [-0.39, 0.29) is 10.6 Å². The molecule has 0 fully saturated rings. The number of nitro groups is 1. The van der Waals surface area contributed by atoms with Gasteiger partial charge < -0.3 is 14.2 Å². The Balaban J connectivity index is 0.000000396. The van der Waals surface area contributed by atoms with Crippen LogP contribution in [-0.2, 0) is 6.42 Å². The number of benzene rings is 2. The lowest BCUT2D eigenvalue weighted by Crippen LogP contribution is -1.93. The molecule has 0 unspecified atom stereocenters. The number of nitrogens with two attached hydrogens (primary N) is 1. The van der Waals surface area contributed by atoms with Gasteiger partial charge >= 0.3 is 0 Å². The number of nitrogens with zero attached hydrogens (tertiary/aromatic N) is 1. The van der Waals surface area contributed by atoms with E-state index in [4.69, 9.17) is 14.2 Å². The third-order valence-electron chi connectivity index (χ3n) is 3.16. The summed E-state index contributed by atoms with van der Waals surface area (Å²) in [6.07, 6.45) is 0.631. The largest absolute Gasteiger partial charge is 0.456 e. The first-order chi connectivity index (χ1) is 10.4. The quantitative estimate of drug-likeness (QED) is 0.378. The van der Waals surface area contributed by atoms with Crippen molar-refractivity contribution >= 4 is 36.2 Å². The van der Waals surface area contributed by atoms with Crippen LogP contribution in [0.15, 0.2) is 40.8 Å². The molecule has 3 rings (SSSR count). The van der Waals surface area contributed by atoms with Crippen molar-refractivity contribution in [1.82, 2.24) is 0 Å². The standard InChI is InChI=1S/C14H11NO3.H4NO2P/c1-2-9-7-11-10-5-3-4-6-13(10)18-14(11)8-12(9)15(16)17;1-4(2)3/h3-8H,2H2,1H3;2-3H,1H2. The van der Waals surface area contributed by atoms with Crippen LogP contribution < -0.4 is 5.50 Å². The van der Waals surface area contributed by atoms with E-state index in [9.17, 15) is 10.1 Å². The Morgan fingerprint density at radius 3 is 2.45 bits per heavy atom. The van der Waals surface area contributed by atoms with Crippen LogP contribution in [0.4, 0.5) is 5.69 Å². The average molecular weight is 322 g/mol. The Morgan fingerprint density at radius 2 is 1.86 bits per heavy atom. The number of furan rings is 1. The topological polar surface area (TPSA) is 123 Å². The Kier molecular flexibility index (Phi) is 5.05. The van der Waals surface area contributed by atoms with Gasteiger partial charge in [0.25, 0.3) is 5.69 Å². The van der Waals surface area contributed by atoms with Crippen LogP contribution in [0.5, 0.6) is 0 Å². The number of nitro benzene ring substituents is 1. The summed E-state index contributed by atoms with van der Waals surface area (Å²) in [4.78, 5) is 25.6. The van der Waals surface area contributed by atoms with Gasteiger partial charge in [0.15, 0.2) is 0 Å². The molecule has 3 aromatic rings. The molecular weight excluding hydrogens is 307 g/mol. The zero-order valence-corrected chi connectivity index (χ0v) is 12.7. The molecule has 0 atom stereocenters. The summed E-state index contributed by atoms with van der Waals surface area (Å²) in [7, 11) is -2.12. The molecule has 1 heterocycles. The number of rotatable bonds is 2. The van der Waals surface area contributed by atoms with Crippen molar-refractivity contribution in [3.05, 3.63) is 52.1 Å². The smallest absolute Gasteiger partial charge is 0.276 e. The predicted octanol–water partition coefficient (Wildman–Crippen LogP) is 3.21. The summed E-state index contributed by atoms with van der Waals surface area (Å²) < 4.78 is 5.64. The molecule has 0 radical (unpaired) electrons. The summed E-state index contributed by atoms with van der Waals surface area (Å²) in [6, 6.07) is 11.0. The highest BCUT2D eigenvalue weighted by molar-refractivity contribution is 7.42. The highest BCUT2D eigenvalue weighted by Crippen LogP contribution is 2.33. The van der Waals surface area contributed by atoms with Crippen molar-refractivity contribution in [2.45, 2.75) is 13.3 Å². The van der Waals surface area contributed by atoms with Gasteiger partial charge in [0, 0.05) is 16.3 Å². The molecule has 22 heavy (non-hydrogen) atoms. The number of hydrogen-bond donors (Lipinski definition) is 3. The van der Waals surface area contributed by atoms with Gasteiger partial charge in [0.05, 0.1) is 11.0 Å². The van der Waals surface area contributed by atoms with Crippen molar-refractivity contribution in [3.8, 4) is 0 Å². The number of para-hydroxylation sites is 1. The first-order valence-electron chi connectivity index (χ1n) is 6.45. The third kappa shape index (κ3) is 3.40. The Bertz CT molecular complexity index is 813. The van der Waals surface area contributed by atoms with Gasteiger partial charge in [0.2, 0.25) is 8.53 Å². The second kappa shape index (κ2) is 6.81. The van der Waals surface area contributed by atoms with Crippen LogP contribution in [0.25, 0.3) is 21.9 Å². The summed E-state index contributed by atoms with van der Waals surface area (Å²) in [5.74, 6) is 0. The molecule has 0 bridgehead atoms. The van der Waals surface area contributed by atoms with Crippen molar-refractivity contribution in [2.24, 2.45) is 5.50 Å². The monoisotopic (exact) mass is 322 g/mol. The van der Waals surface area contributed by atoms with Crippen LogP contribution in [0, 0.1) is 10.1 Å². The van der Waals surface area contributed by atoms with Crippen molar-refractivity contribution in [3.63, 3.8) is 0 Å². The molecule has 1 aromatic heterocycles. The highest BCUT2D eigenvalue weighted by Gasteiger charge is 2.17. The minimum absolute atomic E-state index is 0.129. The molecule has 0 saturated heterocycles. The molecule has 0 amide bonds. The lowest BCUT2D eigenvalue weighted by atomic mass is 10.1. The minimum Gasteiger partial charge on any atom is -0.456 e. The number of fused-ring (bicyclic) bond motifs is 3. The van der Waals surface area contributed by atoms with E-state index in [1.165, 1.54) is 6.07 Å². The lowest BCUT2D eigenvalue weighted by Gasteiger charge is -1.99. The van der Waals surface area contributed by atoms with E-state index >= 15 is 0 Å². The van der Waals surface area contributed by atoms with Crippen LogP contribution in [-0.4, -0.2) is 14.7 Å². The molecule has 0 aliphatic rings. The molecule has 7 nitrogen and oxygen atoms in total. The van der Waals surface area contributed by atoms with Gasteiger partial charge in [-0.15, -0.1) is 0 Å². The van der Waals surface area contributed by atoms with E-state index in [2.05, 4.69) is 5.50 Å². The van der Waals surface area contributed by atoms with Crippen LogP contribution >= 0.6 is 8.53 Å². The normalized spacial score (nSPS) is 10.8. The third-order valence-corrected chi connectivity index (χ3v) is 3.16. The summed E-state index contributed by atoms with van der Waals surface area (Å²) in [5, 5.41) is 12.9. The summed E-state index contributed by atoms with van der Waals surface area (Å²) in [6.45, 7) is 1.91. The highest BCUT2D eigenvalue weighted by atomic mass is 31.2. The fourth-order valence-electron chi connectivity index (χ4n) is 2.26. The molecule has 0 spiro atoms. The van der Waals surface area contributed by atoms with Gasteiger partial charge in [0.1, 0.15) is 11.2 Å². The first-order valence-corrected chi connectivity index (χ1v) is 7.76. The zero-order chi connectivity index (χ0) is 16.3. The van der Waals surface area contributed by atoms with E-state index in [1.807, 2.05) is 37.3 Å². The number of aryl methyl sites for hydroxylation is 1. The van der Waals surface area contributed by atoms with Crippen molar-refractivity contribution < 1.29 is 19.1 Å². The van der Waals surface area contributed by atoms with Crippen molar-refractivity contribution in [1.29, 1.82) is 0 Å². The van der Waals surface area contributed by atoms with Crippen LogP contribution in [0.2, 0.25) is 0 Å². The van der Waals surface area contributed by atoms with E-state index < -0.39 is 8.53 Å². The molecule has 2 aromatic carbocycles. The fraction of sp³-hybridized carbons (Fsp3) is 0.143. The van der Waals surface area contributed by atoms with E-state index in [0.29, 0.717) is 12.0 Å². The Labute approximate surface area is 127 Å². The molecule has 0 saturated carbocycles. The van der Waals surface area contributed by atoms with Gasteiger partial charge in [-0.2, -0.15) is 0 Å². The summed E-state index contributed by atoms with van der Waals surface area (Å²) in [5.41, 5.74) is 6.48. The lowest BCUT2D eigenvalue weighted by molar-refractivity contribution is -0.385. The first kappa shape index (κ1) is 16.3. The average Bonchev–Trinajstić information content (AvgIpc) is 2.82. The van der Waals surface area contributed by atoms with Gasteiger partial charge in [-0.25, -0.2) is 0 Å². The number of hydrogen-bond acceptors (Lipinski definition) is 6. The molecule has 0 aliphatic carbocycles. The second-order valence-corrected chi connectivity index (χ2v) is 5.15. The molecular formula is C14H15N2O5P. The summed E-state index contributed by atoms with van der Waals surface area (Å²) >= 11 is 0. The minimum atomic E-state index is -2.12. The van der Waals surface area contributed by atoms with E-state index in [0.717, 1.165) is 21.9 Å². The predicted molar refractivity (Wildman–Crippen MR) is 85.3 cm³/mol. The van der Waals surface area contributed by atoms with Gasteiger partial charge in [-0.3, -0.25) is 15.6 Å². The fourth-order valence-corrected chi connectivity index (χ4v) is 2.26. The maximum absolute atomic E-state index is 11.0. The SMILES string of the molecule is CCc1cc2c(cc1[N+](=O)[O-])oc1ccccc12.NP(O)O. The molecule has 0 aliphatic heterocycles. The Morgan fingerprint density at radius 1 is 1.23 bits per heavy atom. The van der Waals surface area contributed by atoms with Gasteiger partial charge in [-0.05, 0) is 18.6 Å². The molecule has 116 valence electrons. The molecule has 4 N–H and O–H groups in total. The van der Waals surface area contributed by atoms with Crippen LogP contribution in [0.3, 0.4) is 0 Å². The van der Waals surface area contributed by atoms with E-state index in [1.54, 1.807) is 0 Å². The maximum atomic E-state index is 11.0. The Hall–Kier alpha value is -2.05. The second-order valence-electron chi connectivity index (χ2n) is 4.51. The van der Waals surface area contributed by atoms with Crippen molar-refractivity contribution in [2.75, 3.05) is 0 Å².